The van der Waals surface area contributed by atoms with E-state index in [2.05, 4.69) is 22.9 Å². The second kappa shape index (κ2) is 8.19. The Labute approximate surface area is 120 Å². The highest BCUT2D eigenvalue weighted by molar-refractivity contribution is 5.95. The summed E-state index contributed by atoms with van der Waals surface area (Å²) in [7, 11) is 0. The highest BCUT2D eigenvalue weighted by Gasteiger charge is 2.06. The number of benzene rings is 1. The predicted octanol–water partition coefficient (Wildman–Crippen LogP) is 2.75. The minimum atomic E-state index is -0.250. The average molecular weight is 277 g/mol. The molecule has 1 rings (SSSR count). The minimum absolute atomic E-state index is 0.0821. The predicted molar refractivity (Wildman–Crippen MR) is 81.0 cm³/mol. The van der Waals surface area contributed by atoms with Gasteiger partial charge in [-0.2, -0.15) is 0 Å². The zero-order chi connectivity index (χ0) is 15.0. The Hall–Kier alpha value is -2.04. The summed E-state index contributed by atoms with van der Waals surface area (Å²) in [5.74, 6) is -0.0865. The monoisotopic (exact) mass is 277 g/mol. The Bertz CT molecular complexity index is 441. The molecule has 3 amide bonds. The molecule has 0 aliphatic heterocycles. The lowest BCUT2D eigenvalue weighted by Crippen LogP contribution is -2.34. The Kier molecular flexibility index (Phi) is 6.56. The van der Waals surface area contributed by atoms with Crippen LogP contribution in [-0.2, 0) is 0 Å². The van der Waals surface area contributed by atoms with Gasteiger partial charge in [0, 0.05) is 23.8 Å². The molecule has 0 fully saturated rings. The number of urea groups is 1. The van der Waals surface area contributed by atoms with Crippen molar-refractivity contribution in [3.05, 3.63) is 29.8 Å². The number of rotatable bonds is 6. The lowest BCUT2D eigenvalue weighted by molar-refractivity contribution is 0.0953. The van der Waals surface area contributed by atoms with E-state index in [4.69, 9.17) is 0 Å². The maximum Gasteiger partial charge on any atom is 0.319 e. The second-order valence-corrected chi connectivity index (χ2v) is 4.94. The van der Waals surface area contributed by atoms with Crippen LogP contribution in [0.5, 0.6) is 0 Å². The van der Waals surface area contributed by atoms with E-state index in [1.807, 2.05) is 13.8 Å². The fourth-order valence-corrected chi connectivity index (χ4v) is 1.62. The third-order valence-corrected chi connectivity index (χ3v) is 2.64. The number of carbonyl (C=O) groups is 2. The summed E-state index contributed by atoms with van der Waals surface area (Å²) < 4.78 is 0. The third-order valence-electron chi connectivity index (χ3n) is 2.64. The Morgan fingerprint density at radius 2 is 1.80 bits per heavy atom. The molecule has 0 unspecified atom stereocenters. The fourth-order valence-electron chi connectivity index (χ4n) is 1.62. The molecule has 0 heterocycles. The first-order valence-corrected chi connectivity index (χ1v) is 6.98. The van der Waals surface area contributed by atoms with Gasteiger partial charge in [0.1, 0.15) is 0 Å². The van der Waals surface area contributed by atoms with Crippen molar-refractivity contribution in [1.29, 1.82) is 0 Å². The van der Waals surface area contributed by atoms with Gasteiger partial charge in [0.05, 0.1) is 0 Å². The summed E-state index contributed by atoms with van der Waals surface area (Å²) in [6, 6.07) is 6.67. The van der Waals surface area contributed by atoms with Crippen molar-refractivity contribution in [3.63, 3.8) is 0 Å². The van der Waals surface area contributed by atoms with Crippen molar-refractivity contribution in [1.82, 2.24) is 10.6 Å². The molecule has 0 aliphatic rings. The number of hydrogen-bond acceptors (Lipinski definition) is 2. The van der Waals surface area contributed by atoms with Crippen LogP contribution >= 0.6 is 0 Å². The van der Waals surface area contributed by atoms with E-state index in [9.17, 15) is 9.59 Å². The van der Waals surface area contributed by atoms with E-state index in [-0.39, 0.29) is 18.0 Å². The minimum Gasteiger partial charge on any atom is -0.352 e. The highest BCUT2D eigenvalue weighted by Crippen LogP contribution is 2.09. The van der Waals surface area contributed by atoms with Gasteiger partial charge in [-0.1, -0.05) is 13.3 Å². The van der Waals surface area contributed by atoms with Gasteiger partial charge < -0.3 is 16.0 Å². The van der Waals surface area contributed by atoms with Crippen LogP contribution in [0.15, 0.2) is 24.3 Å². The van der Waals surface area contributed by atoms with Gasteiger partial charge in [-0.05, 0) is 44.5 Å². The summed E-state index contributed by atoms with van der Waals surface area (Å²) >= 11 is 0. The molecule has 0 saturated heterocycles. The third kappa shape index (κ3) is 5.73. The normalized spacial score (nSPS) is 10.2. The standard InChI is InChI=1S/C15H23N3O2/c1-4-5-10-16-14(19)12-6-8-13(9-7-12)18-15(20)17-11(2)3/h6-9,11H,4-5,10H2,1-3H3,(H,16,19)(H2,17,18,20). The molecule has 5 nitrogen and oxygen atoms in total. The molecular formula is C15H23N3O2. The molecule has 1 aromatic carbocycles. The summed E-state index contributed by atoms with van der Waals surface area (Å²) in [5, 5.41) is 8.29. The van der Waals surface area contributed by atoms with Crippen molar-refractivity contribution in [2.24, 2.45) is 0 Å². The molecule has 110 valence electrons. The molecule has 3 N–H and O–H groups in total. The molecule has 0 atom stereocenters. The summed E-state index contributed by atoms with van der Waals surface area (Å²) in [4.78, 5) is 23.3. The second-order valence-electron chi connectivity index (χ2n) is 4.94. The van der Waals surface area contributed by atoms with Crippen LogP contribution in [0.3, 0.4) is 0 Å². The van der Waals surface area contributed by atoms with Crippen LogP contribution in [0.2, 0.25) is 0 Å². The van der Waals surface area contributed by atoms with Crippen molar-refractivity contribution in [2.45, 2.75) is 39.7 Å². The van der Waals surface area contributed by atoms with Crippen LogP contribution in [0.1, 0.15) is 44.0 Å². The van der Waals surface area contributed by atoms with Crippen molar-refractivity contribution in [2.75, 3.05) is 11.9 Å². The van der Waals surface area contributed by atoms with Crippen LogP contribution < -0.4 is 16.0 Å². The summed E-state index contributed by atoms with van der Waals surface area (Å²) in [6.45, 7) is 6.55. The molecule has 20 heavy (non-hydrogen) atoms. The largest absolute Gasteiger partial charge is 0.352 e. The number of amides is 3. The van der Waals surface area contributed by atoms with Crippen LogP contribution in [0, 0.1) is 0 Å². The van der Waals surface area contributed by atoms with E-state index in [0.717, 1.165) is 12.8 Å². The highest BCUT2D eigenvalue weighted by atomic mass is 16.2. The maximum absolute atomic E-state index is 11.8. The van der Waals surface area contributed by atoms with Gasteiger partial charge in [0.25, 0.3) is 5.91 Å². The first kappa shape index (κ1) is 16.0. The number of anilines is 1. The quantitative estimate of drug-likeness (QED) is 0.700. The average Bonchev–Trinajstić information content (AvgIpc) is 2.38. The molecule has 1 aromatic rings. The van der Waals surface area contributed by atoms with E-state index in [0.29, 0.717) is 17.8 Å². The Balaban J connectivity index is 2.51. The SMILES string of the molecule is CCCCNC(=O)c1ccc(NC(=O)NC(C)C)cc1. The molecule has 0 saturated carbocycles. The number of nitrogens with one attached hydrogen (secondary N) is 3. The Morgan fingerprint density at radius 3 is 2.35 bits per heavy atom. The Morgan fingerprint density at radius 1 is 1.15 bits per heavy atom. The van der Waals surface area contributed by atoms with Crippen molar-refractivity contribution in [3.8, 4) is 0 Å². The van der Waals surface area contributed by atoms with Crippen LogP contribution in [0.4, 0.5) is 10.5 Å². The zero-order valence-electron chi connectivity index (χ0n) is 12.3. The van der Waals surface area contributed by atoms with Gasteiger partial charge in [0.2, 0.25) is 0 Å². The lowest BCUT2D eigenvalue weighted by atomic mass is 10.2. The van der Waals surface area contributed by atoms with Gasteiger partial charge in [0.15, 0.2) is 0 Å². The smallest absolute Gasteiger partial charge is 0.319 e. The van der Waals surface area contributed by atoms with Gasteiger partial charge in [-0.3, -0.25) is 4.79 Å². The van der Waals surface area contributed by atoms with E-state index >= 15 is 0 Å². The topological polar surface area (TPSA) is 70.2 Å². The van der Waals surface area contributed by atoms with Gasteiger partial charge in [-0.25, -0.2) is 4.79 Å². The lowest BCUT2D eigenvalue weighted by Gasteiger charge is -2.10. The zero-order valence-corrected chi connectivity index (χ0v) is 12.3. The number of hydrogen-bond donors (Lipinski definition) is 3. The number of unbranched alkanes of at least 4 members (excludes halogenated alkanes) is 1. The summed E-state index contributed by atoms with van der Waals surface area (Å²) in [6.07, 6.45) is 2.02. The van der Waals surface area contributed by atoms with Gasteiger partial charge >= 0.3 is 6.03 Å². The summed E-state index contributed by atoms with van der Waals surface area (Å²) in [5.41, 5.74) is 1.25. The maximum atomic E-state index is 11.8. The molecule has 0 bridgehead atoms. The molecule has 0 spiro atoms. The van der Waals surface area contributed by atoms with E-state index in [1.165, 1.54) is 0 Å². The molecule has 0 aliphatic carbocycles. The molecule has 0 aromatic heterocycles. The van der Waals surface area contributed by atoms with Crippen LogP contribution in [-0.4, -0.2) is 24.5 Å². The van der Waals surface area contributed by atoms with Crippen molar-refractivity contribution >= 4 is 17.6 Å². The molecule has 0 radical (unpaired) electrons. The molecular weight excluding hydrogens is 254 g/mol. The fraction of sp³-hybridized carbons (Fsp3) is 0.467. The van der Waals surface area contributed by atoms with Gasteiger partial charge in [-0.15, -0.1) is 0 Å². The van der Waals surface area contributed by atoms with Crippen LogP contribution in [0.25, 0.3) is 0 Å². The van der Waals surface area contributed by atoms with E-state index < -0.39 is 0 Å². The first-order chi connectivity index (χ1) is 9.52. The van der Waals surface area contributed by atoms with E-state index in [1.54, 1.807) is 24.3 Å². The van der Waals surface area contributed by atoms with Crippen molar-refractivity contribution < 1.29 is 9.59 Å². The first-order valence-electron chi connectivity index (χ1n) is 6.98. The number of carbonyl (C=O) groups excluding carboxylic acids is 2. The molecule has 5 heteroatoms.